The number of hydrogen-bond acceptors (Lipinski definition) is 6. The van der Waals surface area contributed by atoms with Crippen molar-refractivity contribution in [3.63, 3.8) is 0 Å². The molecular formula is C19H16N2O6. The third kappa shape index (κ3) is 4.85. The lowest BCUT2D eigenvalue weighted by atomic mass is 10.0. The lowest BCUT2D eigenvalue weighted by Gasteiger charge is -2.08. The lowest BCUT2D eigenvalue weighted by molar-refractivity contribution is -0.384. The Labute approximate surface area is 154 Å². The van der Waals surface area contributed by atoms with Crippen LogP contribution < -0.4 is 5.32 Å². The molecule has 0 aliphatic rings. The third-order valence-corrected chi connectivity index (χ3v) is 3.63. The Bertz CT molecular complexity index is 931. The molecule has 0 aliphatic heterocycles. The van der Waals surface area contributed by atoms with E-state index in [-0.39, 0.29) is 16.8 Å². The Balaban J connectivity index is 2.33. The molecule has 1 amide bonds. The Morgan fingerprint density at radius 2 is 1.70 bits per heavy atom. The molecule has 8 heteroatoms. The molecule has 0 bridgehead atoms. The van der Waals surface area contributed by atoms with Gasteiger partial charge in [0, 0.05) is 17.8 Å². The normalized spacial score (nSPS) is 10.8. The molecule has 0 spiro atoms. The number of nitrogens with zero attached hydrogens (tertiary/aromatic N) is 1. The highest BCUT2D eigenvalue weighted by atomic mass is 16.6. The maximum atomic E-state index is 12.5. The number of rotatable bonds is 6. The number of Topliss-reactive ketones (excluding diaryl/α,β-unsaturated/α-hetero) is 1. The molecule has 0 saturated heterocycles. The van der Waals surface area contributed by atoms with Crippen molar-refractivity contribution in [1.29, 1.82) is 0 Å². The van der Waals surface area contributed by atoms with Crippen LogP contribution in [0.15, 0.2) is 54.1 Å². The molecule has 0 unspecified atom stereocenters. The van der Waals surface area contributed by atoms with Crippen LogP contribution in [0.1, 0.15) is 22.8 Å². The van der Waals surface area contributed by atoms with Crippen LogP contribution in [0.4, 0.5) is 11.4 Å². The van der Waals surface area contributed by atoms with Gasteiger partial charge in [-0.1, -0.05) is 18.2 Å². The summed E-state index contributed by atoms with van der Waals surface area (Å²) < 4.78 is 4.70. The molecule has 0 radical (unpaired) electrons. The number of hydrogen-bond donors (Lipinski definition) is 1. The van der Waals surface area contributed by atoms with Crippen molar-refractivity contribution >= 4 is 35.1 Å². The third-order valence-electron chi connectivity index (χ3n) is 3.63. The summed E-state index contributed by atoms with van der Waals surface area (Å²) in [6, 6.07) is 11.6. The molecule has 0 saturated carbocycles. The van der Waals surface area contributed by atoms with Crippen LogP contribution >= 0.6 is 0 Å². The standard InChI is InChI=1S/C19H16N2O6/c1-12(22)17(11-13-5-3-4-6-16(13)19(24)27-2)18(23)20-14-7-9-15(10-8-14)21(25)26/h3-11H,1-2H3,(H,20,23)/b17-11+. The van der Waals surface area contributed by atoms with Gasteiger partial charge in [-0.3, -0.25) is 19.7 Å². The summed E-state index contributed by atoms with van der Waals surface area (Å²) in [6.07, 6.45) is 1.30. The average Bonchev–Trinajstić information content (AvgIpc) is 2.65. The molecule has 2 aromatic rings. The zero-order valence-electron chi connectivity index (χ0n) is 14.6. The summed E-state index contributed by atoms with van der Waals surface area (Å²) in [7, 11) is 1.23. The van der Waals surface area contributed by atoms with Gasteiger partial charge in [0.25, 0.3) is 11.6 Å². The molecule has 0 atom stereocenters. The number of nitrogens with one attached hydrogen (secondary N) is 1. The van der Waals surface area contributed by atoms with E-state index in [0.717, 1.165) is 0 Å². The maximum Gasteiger partial charge on any atom is 0.338 e. The Hall–Kier alpha value is -3.81. The van der Waals surface area contributed by atoms with Gasteiger partial charge in [-0.25, -0.2) is 4.79 Å². The molecule has 2 aromatic carbocycles. The highest BCUT2D eigenvalue weighted by Gasteiger charge is 2.18. The van der Waals surface area contributed by atoms with E-state index in [1.54, 1.807) is 18.2 Å². The van der Waals surface area contributed by atoms with Crippen molar-refractivity contribution in [2.45, 2.75) is 6.92 Å². The number of amides is 1. The first kappa shape index (κ1) is 19.5. The lowest BCUT2D eigenvalue weighted by Crippen LogP contribution is -2.19. The second-order valence-corrected chi connectivity index (χ2v) is 5.45. The van der Waals surface area contributed by atoms with Crippen LogP contribution in [0.5, 0.6) is 0 Å². The van der Waals surface area contributed by atoms with Gasteiger partial charge in [0.15, 0.2) is 5.78 Å². The van der Waals surface area contributed by atoms with E-state index in [1.165, 1.54) is 50.4 Å². The number of carbonyl (C=O) groups is 3. The highest BCUT2D eigenvalue weighted by Crippen LogP contribution is 2.18. The monoisotopic (exact) mass is 368 g/mol. The van der Waals surface area contributed by atoms with E-state index in [1.807, 2.05) is 0 Å². The van der Waals surface area contributed by atoms with E-state index in [9.17, 15) is 24.5 Å². The van der Waals surface area contributed by atoms with Crippen molar-refractivity contribution in [3.05, 3.63) is 75.3 Å². The van der Waals surface area contributed by atoms with E-state index >= 15 is 0 Å². The van der Waals surface area contributed by atoms with Crippen molar-refractivity contribution < 1.29 is 24.0 Å². The van der Waals surface area contributed by atoms with Crippen molar-refractivity contribution in [2.75, 3.05) is 12.4 Å². The molecule has 0 heterocycles. The zero-order chi connectivity index (χ0) is 20.0. The minimum atomic E-state index is -0.698. The topological polar surface area (TPSA) is 116 Å². The van der Waals surface area contributed by atoms with Crippen LogP contribution in [-0.2, 0) is 14.3 Å². The fourth-order valence-corrected chi connectivity index (χ4v) is 2.27. The second kappa shape index (κ2) is 8.52. The number of nitro benzene ring substituents is 1. The molecule has 2 rings (SSSR count). The Kier molecular flexibility index (Phi) is 6.16. The molecule has 0 fully saturated rings. The second-order valence-electron chi connectivity index (χ2n) is 5.45. The summed E-state index contributed by atoms with van der Waals surface area (Å²) in [4.78, 5) is 46.4. The molecule has 8 nitrogen and oxygen atoms in total. The van der Waals surface area contributed by atoms with E-state index in [0.29, 0.717) is 11.3 Å². The summed E-state index contributed by atoms with van der Waals surface area (Å²) in [6.45, 7) is 1.22. The molecule has 1 N–H and O–H groups in total. The van der Waals surface area contributed by atoms with Crippen LogP contribution in [0.3, 0.4) is 0 Å². The van der Waals surface area contributed by atoms with Crippen LogP contribution in [0.25, 0.3) is 6.08 Å². The van der Waals surface area contributed by atoms with Gasteiger partial charge in [-0.2, -0.15) is 0 Å². The van der Waals surface area contributed by atoms with Gasteiger partial charge < -0.3 is 10.1 Å². The van der Waals surface area contributed by atoms with Crippen LogP contribution in [0, 0.1) is 10.1 Å². The number of esters is 1. The van der Waals surface area contributed by atoms with Gasteiger partial charge in [-0.15, -0.1) is 0 Å². The fraction of sp³-hybridized carbons (Fsp3) is 0.105. The maximum absolute atomic E-state index is 12.5. The molecule has 0 aromatic heterocycles. The fourth-order valence-electron chi connectivity index (χ4n) is 2.27. The Morgan fingerprint density at radius 1 is 1.07 bits per heavy atom. The van der Waals surface area contributed by atoms with E-state index in [2.05, 4.69) is 5.32 Å². The van der Waals surface area contributed by atoms with Crippen molar-refractivity contribution in [1.82, 2.24) is 0 Å². The van der Waals surface area contributed by atoms with Crippen molar-refractivity contribution in [2.24, 2.45) is 0 Å². The van der Waals surface area contributed by atoms with E-state index in [4.69, 9.17) is 4.74 Å². The summed E-state index contributed by atoms with van der Waals surface area (Å²) in [5.41, 5.74) is 0.557. The van der Waals surface area contributed by atoms with Gasteiger partial charge in [0.2, 0.25) is 0 Å². The predicted molar refractivity (Wildman–Crippen MR) is 98.2 cm³/mol. The van der Waals surface area contributed by atoms with Crippen molar-refractivity contribution in [3.8, 4) is 0 Å². The number of nitro groups is 1. The van der Waals surface area contributed by atoms with Crippen LogP contribution in [0.2, 0.25) is 0 Å². The number of ketones is 1. The predicted octanol–water partition coefficient (Wildman–Crippen LogP) is 2.99. The number of ether oxygens (including phenoxy) is 1. The van der Waals surface area contributed by atoms with Gasteiger partial charge >= 0.3 is 5.97 Å². The number of carbonyl (C=O) groups excluding carboxylic acids is 3. The van der Waals surface area contributed by atoms with Crippen LogP contribution in [-0.4, -0.2) is 29.7 Å². The van der Waals surface area contributed by atoms with Gasteiger partial charge in [-0.05, 0) is 36.8 Å². The number of methoxy groups -OCH3 is 1. The molecular weight excluding hydrogens is 352 g/mol. The van der Waals surface area contributed by atoms with E-state index < -0.39 is 22.6 Å². The van der Waals surface area contributed by atoms with Gasteiger partial charge in [0.05, 0.1) is 23.2 Å². The first-order valence-corrected chi connectivity index (χ1v) is 7.79. The molecule has 0 aliphatic carbocycles. The Morgan fingerprint density at radius 3 is 2.26 bits per heavy atom. The van der Waals surface area contributed by atoms with Gasteiger partial charge in [0.1, 0.15) is 0 Å². The SMILES string of the molecule is COC(=O)c1ccccc1/C=C(\C(C)=O)C(=O)Nc1ccc([N+](=O)[O-])cc1. The first-order valence-electron chi connectivity index (χ1n) is 7.79. The summed E-state index contributed by atoms with van der Waals surface area (Å²) >= 11 is 0. The number of non-ortho nitro benzene ring substituents is 1. The first-order chi connectivity index (χ1) is 12.8. The average molecular weight is 368 g/mol. The molecule has 27 heavy (non-hydrogen) atoms. The zero-order valence-corrected chi connectivity index (χ0v) is 14.6. The minimum absolute atomic E-state index is 0.123. The molecule has 138 valence electrons. The quantitative estimate of drug-likeness (QED) is 0.209. The smallest absolute Gasteiger partial charge is 0.338 e. The number of anilines is 1. The highest BCUT2D eigenvalue weighted by molar-refractivity contribution is 6.25. The largest absolute Gasteiger partial charge is 0.465 e. The summed E-state index contributed by atoms with van der Waals surface area (Å²) in [5.74, 6) is -1.80. The number of benzene rings is 2. The summed E-state index contributed by atoms with van der Waals surface area (Å²) in [5, 5.41) is 13.2. The minimum Gasteiger partial charge on any atom is -0.465 e.